The maximum Gasteiger partial charge on any atom is -0.000719 e. The molecule has 0 aliphatic heterocycles. The van der Waals surface area contributed by atoms with Crippen LogP contribution >= 0.6 is 0 Å². The van der Waals surface area contributed by atoms with E-state index in [1.807, 2.05) is 0 Å². The molecule has 0 unspecified atom stereocenters. The van der Waals surface area contributed by atoms with Crippen molar-refractivity contribution in [2.24, 2.45) is 0 Å². The van der Waals surface area contributed by atoms with E-state index in [-0.39, 0.29) is 0 Å². The van der Waals surface area contributed by atoms with Gasteiger partial charge in [-0.15, -0.1) is 0 Å². The van der Waals surface area contributed by atoms with Crippen LogP contribution in [-0.4, -0.2) is 0 Å². The highest BCUT2D eigenvalue weighted by molar-refractivity contribution is 6.34. The van der Waals surface area contributed by atoms with Crippen LogP contribution in [0.4, 0.5) is 0 Å². The largest absolute Gasteiger partial charge is 0.0622 e. The van der Waals surface area contributed by atoms with E-state index in [1.165, 1.54) is 98.4 Å². The third-order valence-corrected chi connectivity index (χ3v) is 9.74. The van der Waals surface area contributed by atoms with Gasteiger partial charge in [0, 0.05) is 0 Å². The van der Waals surface area contributed by atoms with Gasteiger partial charge in [0.2, 0.25) is 0 Å². The van der Waals surface area contributed by atoms with Gasteiger partial charge in [-0.1, -0.05) is 152 Å². The first-order valence-corrected chi connectivity index (χ1v) is 15.4. The van der Waals surface area contributed by atoms with Crippen LogP contribution in [0.15, 0.2) is 158 Å². The average Bonchev–Trinajstić information content (AvgIpc) is 3.42. The molecule has 0 spiro atoms. The van der Waals surface area contributed by atoms with Crippen molar-refractivity contribution in [3.63, 3.8) is 0 Å². The zero-order chi connectivity index (χ0) is 28.8. The summed E-state index contributed by atoms with van der Waals surface area (Å²) in [6, 6.07) is 58.4. The zero-order valence-corrected chi connectivity index (χ0v) is 24.0. The van der Waals surface area contributed by atoms with Crippen LogP contribution in [0, 0.1) is 0 Å². The second-order valence-electron chi connectivity index (χ2n) is 12.0. The predicted molar refractivity (Wildman–Crippen MR) is 189 cm³/mol. The van der Waals surface area contributed by atoms with Crippen LogP contribution in [0.1, 0.15) is 0 Å². The molecule has 0 saturated heterocycles. The molecule has 0 atom stereocenters. The third-order valence-electron chi connectivity index (χ3n) is 9.74. The molecular formula is C44H26. The van der Waals surface area contributed by atoms with E-state index in [9.17, 15) is 0 Å². The first-order chi connectivity index (χ1) is 21.9. The summed E-state index contributed by atoms with van der Waals surface area (Å²) in [6.07, 6.45) is 0. The Bertz CT molecular complexity index is 2630. The minimum absolute atomic E-state index is 1.26. The molecule has 0 heteroatoms. The van der Waals surface area contributed by atoms with Gasteiger partial charge in [-0.05, 0) is 104 Å². The Morgan fingerprint density at radius 2 is 0.795 bits per heavy atom. The Hall–Kier alpha value is -5.72. The SMILES string of the molecule is c1ccc(-c2c3c(c(-c4ccccc4)c4ccccc24)-c2cc4ccc5c6ccccc6ccc5c4c4cccc-3c24)cc1. The lowest BCUT2D eigenvalue weighted by Gasteiger charge is -2.20. The van der Waals surface area contributed by atoms with Crippen molar-refractivity contribution in [1.82, 2.24) is 0 Å². The Morgan fingerprint density at radius 3 is 1.50 bits per heavy atom. The topological polar surface area (TPSA) is 0 Å². The molecule has 9 aromatic carbocycles. The molecule has 0 amide bonds. The molecule has 0 fully saturated rings. The van der Waals surface area contributed by atoms with E-state index >= 15 is 0 Å². The van der Waals surface area contributed by atoms with Crippen molar-refractivity contribution >= 4 is 53.9 Å². The summed E-state index contributed by atoms with van der Waals surface area (Å²) in [5.41, 5.74) is 10.5. The molecule has 0 aromatic heterocycles. The molecular weight excluding hydrogens is 528 g/mol. The highest BCUT2D eigenvalue weighted by Gasteiger charge is 2.31. The molecule has 0 saturated carbocycles. The van der Waals surface area contributed by atoms with E-state index in [0.717, 1.165) is 0 Å². The van der Waals surface area contributed by atoms with E-state index in [1.54, 1.807) is 0 Å². The van der Waals surface area contributed by atoms with Crippen LogP contribution in [0.5, 0.6) is 0 Å². The maximum atomic E-state index is 2.47. The van der Waals surface area contributed by atoms with Gasteiger partial charge < -0.3 is 0 Å². The lowest BCUT2D eigenvalue weighted by molar-refractivity contribution is 1.62. The van der Waals surface area contributed by atoms with Crippen LogP contribution < -0.4 is 0 Å². The van der Waals surface area contributed by atoms with Gasteiger partial charge in [-0.3, -0.25) is 0 Å². The fraction of sp³-hybridized carbons (Fsp3) is 0. The molecule has 9 aromatic rings. The fourth-order valence-electron chi connectivity index (χ4n) is 8.00. The lowest BCUT2D eigenvalue weighted by atomic mass is 9.82. The summed E-state index contributed by atoms with van der Waals surface area (Å²) in [4.78, 5) is 0. The molecule has 0 bridgehead atoms. The van der Waals surface area contributed by atoms with Crippen molar-refractivity contribution in [3.8, 4) is 44.5 Å². The maximum absolute atomic E-state index is 2.47. The highest BCUT2D eigenvalue weighted by Crippen LogP contribution is 2.58. The van der Waals surface area contributed by atoms with Gasteiger partial charge in [-0.25, -0.2) is 0 Å². The van der Waals surface area contributed by atoms with Gasteiger partial charge in [-0.2, -0.15) is 0 Å². The average molecular weight is 555 g/mol. The molecule has 0 N–H and O–H groups in total. The number of fused-ring (bicyclic) bond motifs is 10. The number of rotatable bonds is 2. The Labute approximate surface area is 255 Å². The number of hydrogen-bond donors (Lipinski definition) is 0. The summed E-state index contributed by atoms with van der Waals surface area (Å²) in [5, 5.41) is 13.1. The summed E-state index contributed by atoms with van der Waals surface area (Å²) in [7, 11) is 0. The van der Waals surface area contributed by atoms with Gasteiger partial charge in [0.1, 0.15) is 0 Å². The second-order valence-corrected chi connectivity index (χ2v) is 12.0. The van der Waals surface area contributed by atoms with E-state index in [0.29, 0.717) is 0 Å². The van der Waals surface area contributed by atoms with Gasteiger partial charge in [0.25, 0.3) is 0 Å². The van der Waals surface area contributed by atoms with Gasteiger partial charge in [0.05, 0.1) is 0 Å². The molecule has 202 valence electrons. The molecule has 0 nitrogen and oxygen atoms in total. The molecule has 10 rings (SSSR count). The summed E-state index contributed by atoms with van der Waals surface area (Å²) in [6.45, 7) is 0. The van der Waals surface area contributed by atoms with Gasteiger partial charge in [0.15, 0.2) is 0 Å². The normalized spacial score (nSPS) is 12.1. The van der Waals surface area contributed by atoms with Crippen LogP contribution in [0.25, 0.3) is 98.4 Å². The first kappa shape index (κ1) is 23.8. The smallest absolute Gasteiger partial charge is 0.000719 e. The monoisotopic (exact) mass is 554 g/mol. The van der Waals surface area contributed by atoms with Crippen molar-refractivity contribution in [3.05, 3.63) is 158 Å². The lowest BCUT2D eigenvalue weighted by Crippen LogP contribution is -1.93. The minimum Gasteiger partial charge on any atom is -0.0622 e. The van der Waals surface area contributed by atoms with Crippen molar-refractivity contribution in [2.75, 3.05) is 0 Å². The quantitative estimate of drug-likeness (QED) is 0.186. The fourth-order valence-corrected chi connectivity index (χ4v) is 8.00. The second kappa shape index (κ2) is 8.89. The standard InChI is InChI=1S/C44H26/c1-3-13-28(14-4-1)40-33-18-9-10-19-34(33)41(29-15-5-2-6-16-29)44-38-26-30-23-24-32-31-17-8-7-12-27(31)22-25-35(32)39(30)36-20-11-21-37(42(36)38)43(40)44/h1-26H. The Balaban J connectivity index is 1.44. The molecule has 1 aliphatic rings. The molecule has 44 heavy (non-hydrogen) atoms. The van der Waals surface area contributed by atoms with Crippen LogP contribution in [-0.2, 0) is 0 Å². The Morgan fingerprint density at radius 1 is 0.250 bits per heavy atom. The molecule has 1 aliphatic carbocycles. The third kappa shape index (κ3) is 3.12. The van der Waals surface area contributed by atoms with Crippen molar-refractivity contribution in [2.45, 2.75) is 0 Å². The van der Waals surface area contributed by atoms with E-state index in [2.05, 4.69) is 158 Å². The van der Waals surface area contributed by atoms with Crippen molar-refractivity contribution in [1.29, 1.82) is 0 Å². The summed E-state index contributed by atoms with van der Waals surface area (Å²) in [5.74, 6) is 0. The molecule has 0 radical (unpaired) electrons. The van der Waals surface area contributed by atoms with Crippen molar-refractivity contribution < 1.29 is 0 Å². The Kier molecular flexibility index (Phi) is 4.81. The predicted octanol–water partition coefficient (Wildman–Crippen LogP) is 12.4. The van der Waals surface area contributed by atoms with Crippen LogP contribution in [0.3, 0.4) is 0 Å². The number of hydrogen-bond acceptors (Lipinski definition) is 0. The summed E-state index contributed by atoms with van der Waals surface area (Å²) < 4.78 is 0. The highest BCUT2D eigenvalue weighted by atomic mass is 14.3. The minimum atomic E-state index is 1.26. The first-order valence-electron chi connectivity index (χ1n) is 15.4. The number of benzene rings is 9. The molecule has 0 heterocycles. The van der Waals surface area contributed by atoms with E-state index in [4.69, 9.17) is 0 Å². The van der Waals surface area contributed by atoms with E-state index < -0.39 is 0 Å². The summed E-state index contributed by atoms with van der Waals surface area (Å²) >= 11 is 0. The van der Waals surface area contributed by atoms with Gasteiger partial charge >= 0.3 is 0 Å². The van der Waals surface area contributed by atoms with Crippen LogP contribution in [0.2, 0.25) is 0 Å². The zero-order valence-electron chi connectivity index (χ0n) is 24.0.